The summed E-state index contributed by atoms with van der Waals surface area (Å²) in [5.41, 5.74) is 9.50. The fourth-order valence-corrected chi connectivity index (χ4v) is 6.52. The van der Waals surface area contributed by atoms with E-state index in [1.807, 2.05) is 24.4 Å². The van der Waals surface area contributed by atoms with Gasteiger partial charge in [0.25, 0.3) is 0 Å². The van der Waals surface area contributed by atoms with Gasteiger partial charge < -0.3 is 0 Å². The predicted molar refractivity (Wildman–Crippen MR) is 189 cm³/mol. The van der Waals surface area contributed by atoms with Crippen molar-refractivity contribution in [3.8, 4) is 45.2 Å². The SMILES string of the molecule is c1cc(-c2ccnc(-c3nc4ccccc4c4ccccc34)c2)cc(-c2cccc(-c3nc4ccccc4c4ccccc34)n2)c1. The molecule has 0 aliphatic heterocycles. The van der Waals surface area contributed by atoms with Crippen LogP contribution < -0.4 is 0 Å². The van der Waals surface area contributed by atoms with Gasteiger partial charge >= 0.3 is 0 Å². The molecule has 9 aromatic rings. The highest BCUT2D eigenvalue weighted by molar-refractivity contribution is 6.11. The van der Waals surface area contributed by atoms with Gasteiger partial charge in [-0.25, -0.2) is 15.0 Å². The summed E-state index contributed by atoms with van der Waals surface area (Å²) in [5, 5.41) is 6.84. The van der Waals surface area contributed by atoms with Crippen molar-refractivity contribution >= 4 is 43.4 Å². The lowest BCUT2D eigenvalue weighted by molar-refractivity contribution is 1.28. The van der Waals surface area contributed by atoms with Crippen molar-refractivity contribution in [1.29, 1.82) is 0 Å². The van der Waals surface area contributed by atoms with Gasteiger partial charge in [0.05, 0.1) is 39.5 Å². The second-order valence-electron chi connectivity index (χ2n) is 11.5. The summed E-state index contributed by atoms with van der Waals surface area (Å²) in [6.45, 7) is 0. The van der Waals surface area contributed by atoms with Crippen molar-refractivity contribution < 1.29 is 0 Å². The van der Waals surface area contributed by atoms with Crippen LogP contribution in [-0.4, -0.2) is 19.9 Å². The van der Waals surface area contributed by atoms with Gasteiger partial charge in [-0.2, -0.15) is 0 Å². The van der Waals surface area contributed by atoms with Gasteiger partial charge in [-0.1, -0.05) is 109 Å². The van der Waals surface area contributed by atoms with Gasteiger partial charge in [0.1, 0.15) is 0 Å². The molecule has 4 nitrogen and oxygen atoms in total. The van der Waals surface area contributed by atoms with Crippen molar-refractivity contribution in [2.24, 2.45) is 0 Å². The summed E-state index contributed by atoms with van der Waals surface area (Å²) in [4.78, 5) is 20.1. The summed E-state index contributed by atoms with van der Waals surface area (Å²) >= 11 is 0. The van der Waals surface area contributed by atoms with Crippen LogP contribution in [0.4, 0.5) is 0 Å². The molecule has 0 unspecified atom stereocenters. The maximum Gasteiger partial charge on any atom is 0.0972 e. The minimum absolute atomic E-state index is 0.847. The highest BCUT2D eigenvalue weighted by atomic mass is 14.8. The van der Waals surface area contributed by atoms with Gasteiger partial charge in [-0.05, 0) is 64.4 Å². The topological polar surface area (TPSA) is 51.6 Å². The molecular formula is C42H26N4. The van der Waals surface area contributed by atoms with Gasteiger partial charge in [-0.3, -0.25) is 4.98 Å². The molecule has 4 heterocycles. The first-order valence-corrected chi connectivity index (χ1v) is 15.4. The third-order valence-corrected chi connectivity index (χ3v) is 8.70. The van der Waals surface area contributed by atoms with Crippen molar-refractivity contribution in [3.05, 3.63) is 158 Å². The Labute approximate surface area is 265 Å². The first-order chi connectivity index (χ1) is 22.8. The molecule has 0 aliphatic carbocycles. The molecule has 5 aromatic carbocycles. The monoisotopic (exact) mass is 586 g/mol. The van der Waals surface area contributed by atoms with Crippen LogP contribution in [0.3, 0.4) is 0 Å². The maximum atomic E-state index is 5.15. The third kappa shape index (κ3) is 4.39. The van der Waals surface area contributed by atoms with Gasteiger partial charge in [0.2, 0.25) is 0 Å². The molecule has 46 heavy (non-hydrogen) atoms. The number of hydrogen-bond acceptors (Lipinski definition) is 4. The van der Waals surface area contributed by atoms with Crippen LogP contribution in [0.15, 0.2) is 158 Å². The zero-order valence-corrected chi connectivity index (χ0v) is 24.8. The average molecular weight is 587 g/mol. The molecule has 0 radical (unpaired) electrons. The van der Waals surface area contributed by atoms with Crippen LogP contribution in [0.2, 0.25) is 0 Å². The first kappa shape index (κ1) is 26.2. The Morgan fingerprint density at radius 1 is 0.304 bits per heavy atom. The maximum absolute atomic E-state index is 5.15. The molecule has 0 N–H and O–H groups in total. The molecule has 214 valence electrons. The van der Waals surface area contributed by atoms with E-state index in [-0.39, 0.29) is 0 Å². The fraction of sp³-hybridized carbons (Fsp3) is 0. The van der Waals surface area contributed by atoms with Crippen LogP contribution in [0, 0.1) is 0 Å². The number of nitrogens with zero attached hydrogens (tertiary/aromatic N) is 4. The number of rotatable bonds is 4. The number of aromatic nitrogens is 4. The van der Waals surface area contributed by atoms with E-state index in [0.29, 0.717) is 0 Å². The molecule has 4 heteroatoms. The Bertz CT molecular complexity index is 2430. The minimum atomic E-state index is 0.847. The van der Waals surface area contributed by atoms with Crippen molar-refractivity contribution in [3.63, 3.8) is 0 Å². The number of hydrogen-bond donors (Lipinski definition) is 0. The van der Waals surface area contributed by atoms with E-state index in [2.05, 4.69) is 133 Å². The third-order valence-electron chi connectivity index (χ3n) is 8.70. The van der Waals surface area contributed by atoms with Crippen LogP contribution in [0.5, 0.6) is 0 Å². The Balaban J connectivity index is 1.13. The molecule has 0 saturated heterocycles. The lowest BCUT2D eigenvalue weighted by atomic mass is 9.98. The van der Waals surface area contributed by atoms with E-state index in [4.69, 9.17) is 19.9 Å². The number of para-hydroxylation sites is 2. The highest BCUT2D eigenvalue weighted by Gasteiger charge is 2.14. The van der Waals surface area contributed by atoms with Crippen molar-refractivity contribution in [1.82, 2.24) is 19.9 Å². The predicted octanol–water partition coefficient (Wildman–Crippen LogP) is 10.5. The smallest absolute Gasteiger partial charge is 0.0972 e. The average Bonchev–Trinajstić information content (AvgIpc) is 3.14. The summed E-state index contributed by atoms with van der Waals surface area (Å²) in [7, 11) is 0. The molecule has 0 spiro atoms. The Hall–Kier alpha value is -6.26. The lowest BCUT2D eigenvalue weighted by Crippen LogP contribution is -1.94. The van der Waals surface area contributed by atoms with E-state index >= 15 is 0 Å². The molecular weight excluding hydrogens is 560 g/mol. The van der Waals surface area contributed by atoms with E-state index in [1.165, 1.54) is 10.8 Å². The van der Waals surface area contributed by atoms with Gasteiger partial charge in [-0.15, -0.1) is 0 Å². The summed E-state index contributed by atoms with van der Waals surface area (Å²) in [6.07, 6.45) is 1.87. The zero-order chi connectivity index (χ0) is 30.5. The van der Waals surface area contributed by atoms with Crippen LogP contribution in [-0.2, 0) is 0 Å². The fourth-order valence-electron chi connectivity index (χ4n) is 6.52. The van der Waals surface area contributed by atoms with E-state index < -0.39 is 0 Å². The van der Waals surface area contributed by atoms with Crippen LogP contribution in [0.1, 0.15) is 0 Å². The standard InChI is InChI=1S/C42H26N4/c1-3-17-34-30(13-1)32-15-5-7-19-37(32)45-41(34)39-22-10-21-36(44-39)29-12-9-11-27(25-29)28-23-24-43-40(26-28)42-35-18-4-2-14-31(35)33-16-6-8-20-38(33)46-42/h1-26H. The minimum Gasteiger partial charge on any atom is -0.255 e. The zero-order valence-electron chi connectivity index (χ0n) is 24.8. The van der Waals surface area contributed by atoms with Crippen LogP contribution in [0.25, 0.3) is 88.5 Å². The molecule has 4 aromatic heterocycles. The van der Waals surface area contributed by atoms with E-state index in [1.54, 1.807) is 0 Å². The molecule has 0 saturated carbocycles. The Morgan fingerprint density at radius 3 is 1.48 bits per heavy atom. The highest BCUT2D eigenvalue weighted by Crippen LogP contribution is 2.35. The molecule has 9 rings (SSSR count). The summed E-state index contributed by atoms with van der Waals surface area (Å²) < 4.78 is 0. The van der Waals surface area contributed by atoms with Crippen LogP contribution >= 0.6 is 0 Å². The largest absolute Gasteiger partial charge is 0.255 e. The Morgan fingerprint density at radius 2 is 0.804 bits per heavy atom. The van der Waals surface area contributed by atoms with Crippen molar-refractivity contribution in [2.45, 2.75) is 0 Å². The van der Waals surface area contributed by atoms with E-state index in [9.17, 15) is 0 Å². The van der Waals surface area contributed by atoms with Gasteiger partial charge in [0.15, 0.2) is 0 Å². The molecule has 0 bridgehead atoms. The first-order valence-electron chi connectivity index (χ1n) is 15.4. The number of pyridine rings is 4. The molecule has 0 amide bonds. The molecule has 0 aliphatic rings. The molecule has 0 fully saturated rings. The quantitative estimate of drug-likeness (QED) is 0.193. The molecule has 0 atom stereocenters. The summed E-state index contributed by atoms with van der Waals surface area (Å²) in [6, 6.07) is 52.4. The Kier molecular flexibility index (Phi) is 6.10. The van der Waals surface area contributed by atoms with Crippen molar-refractivity contribution in [2.75, 3.05) is 0 Å². The second kappa shape index (κ2) is 10.7. The number of benzene rings is 5. The normalized spacial score (nSPS) is 11.5. The lowest BCUT2D eigenvalue weighted by Gasteiger charge is -2.12. The number of fused-ring (bicyclic) bond motifs is 6. The summed E-state index contributed by atoms with van der Waals surface area (Å²) in [5.74, 6) is 0. The van der Waals surface area contributed by atoms with Gasteiger partial charge in [0, 0.05) is 33.3 Å². The van der Waals surface area contributed by atoms with E-state index in [0.717, 1.165) is 77.7 Å². The second-order valence-corrected chi connectivity index (χ2v) is 11.5.